The molecule has 1 saturated heterocycles. The highest BCUT2D eigenvalue weighted by molar-refractivity contribution is 6.06. The van der Waals surface area contributed by atoms with E-state index < -0.39 is 11.9 Å². The van der Waals surface area contributed by atoms with Gasteiger partial charge in [-0.05, 0) is 18.2 Å². The lowest BCUT2D eigenvalue weighted by molar-refractivity contribution is -0.136. The van der Waals surface area contributed by atoms with E-state index >= 15 is 0 Å². The van der Waals surface area contributed by atoms with Crippen LogP contribution in [0.3, 0.4) is 0 Å². The summed E-state index contributed by atoms with van der Waals surface area (Å²) in [6.07, 6.45) is 0.0752. The second kappa shape index (κ2) is 4.04. The SMILES string of the molecule is CN1C(=O)CC(Nc2cc(N)cc(F)c2)C1=O. The lowest BCUT2D eigenvalue weighted by atomic mass is 10.2. The van der Waals surface area contributed by atoms with Crippen molar-refractivity contribution in [2.75, 3.05) is 18.1 Å². The number of nitrogens with one attached hydrogen (secondary N) is 1. The van der Waals surface area contributed by atoms with Crippen LogP contribution in [0.2, 0.25) is 0 Å². The molecule has 1 heterocycles. The average molecular weight is 237 g/mol. The lowest BCUT2D eigenvalue weighted by Gasteiger charge is -2.12. The molecule has 0 bridgehead atoms. The first kappa shape index (κ1) is 11.4. The molecule has 2 amide bonds. The lowest BCUT2D eigenvalue weighted by Crippen LogP contribution is -2.31. The number of amides is 2. The molecular weight excluding hydrogens is 225 g/mol. The summed E-state index contributed by atoms with van der Waals surface area (Å²) in [5, 5.41) is 2.80. The molecule has 1 fully saturated rings. The number of hydrogen-bond acceptors (Lipinski definition) is 4. The number of carbonyl (C=O) groups excluding carboxylic acids is 2. The van der Waals surface area contributed by atoms with Gasteiger partial charge in [0.15, 0.2) is 0 Å². The molecule has 90 valence electrons. The van der Waals surface area contributed by atoms with E-state index in [0.717, 1.165) is 4.90 Å². The maximum absolute atomic E-state index is 13.1. The van der Waals surface area contributed by atoms with Crippen molar-refractivity contribution in [1.82, 2.24) is 4.90 Å². The zero-order valence-corrected chi connectivity index (χ0v) is 9.24. The Balaban J connectivity index is 2.16. The number of nitrogen functional groups attached to an aromatic ring is 1. The molecule has 1 unspecified atom stereocenters. The predicted molar refractivity (Wildman–Crippen MR) is 60.6 cm³/mol. The minimum absolute atomic E-state index is 0.0752. The minimum Gasteiger partial charge on any atom is -0.399 e. The highest BCUT2D eigenvalue weighted by atomic mass is 19.1. The van der Waals surface area contributed by atoms with Crippen molar-refractivity contribution in [3.8, 4) is 0 Å². The van der Waals surface area contributed by atoms with Gasteiger partial charge >= 0.3 is 0 Å². The number of anilines is 2. The topological polar surface area (TPSA) is 75.4 Å². The molecular formula is C11H12FN3O2. The number of imide groups is 1. The van der Waals surface area contributed by atoms with Gasteiger partial charge in [0.2, 0.25) is 5.91 Å². The quantitative estimate of drug-likeness (QED) is 0.582. The van der Waals surface area contributed by atoms with Crippen LogP contribution in [0, 0.1) is 5.82 Å². The van der Waals surface area contributed by atoms with Gasteiger partial charge in [-0.2, -0.15) is 0 Å². The maximum Gasteiger partial charge on any atom is 0.251 e. The minimum atomic E-state index is -0.645. The summed E-state index contributed by atoms with van der Waals surface area (Å²) in [6.45, 7) is 0. The van der Waals surface area contributed by atoms with E-state index in [2.05, 4.69) is 5.32 Å². The van der Waals surface area contributed by atoms with Crippen molar-refractivity contribution in [1.29, 1.82) is 0 Å². The highest BCUT2D eigenvalue weighted by Crippen LogP contribution is 2.20. The van der Waals surface area contributed by atoms with Crippen LogP contribution >= 0.6 is 0 Å². The third kappa shape index (κ3) is 2.20. The van der Waals surface area contributed by atoms with Crippen LogP contribution in [0.25, 0.3) is 0 Å². The van der Waals surface area contributed by atoms with Crippen LogP contribution in [0.1, 0.15) is 6.42 Å². The van der Waals surface area contributed by atoms with E-state index in [1.165, 1.54) is 25.2 Å². The molecule has 1 aliphatic heterocycles. The van der Waals surface area contributed by atoms with Gasteiger partial charge < -0.3 is 11.1 Å². The number of likely N-dealkylation sites (N-methyl/N-ethyl adjacent to an activating group) is 1. The summed E-state index contributed by atoms with van der Waals surface area (Å²) >= 11 is 0. The van der Waals surface area contributed by atoms with Gasteiger partial charge in [-0.15, -0.1) is 0 Å². The molecule has 1 atom stereocenters. The number of nitrogens with zero attached hydrogens (tertiary/aromatic N) is 1. The molecule has 1 aliphatic rings. The molecule has 2 rings (SSSR count). The molecule has 0 radical (unpaired) electrons. The van der Waals surface area contributed by atoms with Crippen molar-refractivity contribution < 1.29 is 14.0 Å². The Morgan fingerprint density at radius 2 is 2.12 bits per heavy atom. The Kier molecular flexibility index (Phi) is 2.71. The van der Waals surface area contributed by atoms with E-state index in [4.69, 9.17) is 5.73 Å². The zero-order chi connectivity index (χ0) is 12.6. The van der Waals surface area contributed by atoms with Crippen molar-refractivity contribution in [3.63, 3.8) is 0 Å². The standard InChI is InChI=1S/C11H12FN3O2/c1-15-10(16)5-9(11(15)17)14-8-3-6(12)2-7(13)4-8/h2-4,9,14H,5,13H2,1H3. The van der Waals surface area contributed by atoms with Gasteiger partial charge in [-0.25, -0.2) is 4.39 Å². The number of nitrogens with two attached hydrogens (primary N) is 1. The van der Waals surface area contributed by atoms with Crippen molar-refractivity contribution in [2.45, 2.75) is 12.5 Å². The van der Waals surface area contributed by atoms with Crippen LogP contribution in [-0.2, 0) is 9.59 Å². The van der Waals surface area contributed by atoms with Crippen LogP contribution in [-0.4, -0.2) is 29.8 Å². The maximum atomic E-state index is 13.1. The molecule has 0 aliphatic carbocycles. The summed E-state index contributed by atoms with van der Waals surface area (Å²) in [5.74, 6) is -1.06. The Hall–Kier alpha value is -2.11. The van der Waals surface area contributed by atoms with Gasteiger partial charge in [-0.3, -0.25) is 14.5 Å². The Labute approximate surface area is 97.4 Å². The first-order valence-corrected chi connectivity index (χ1v) is 5.10. The monoisotopic (exact) mass is 237 g/mol. The van der Waals surface area contributed by atoms with Crippen LogP contribution in [0.4, 0.5) is 15.8 Å². The molecule has 1 aromatic rings. The molecule has 5 nitrogen and oxygen atoms in total. The average Bonchev–Trinajstić information content (AvgIpc) is 2.45. The molecule has 3 N–H and O–H groups in total. The van der Waals surface area contributed by atoms with E-state index in [1.807, 2.05) is 0 Å². The number of benzene rings is 1. The Morgan fingerprint density at radius 1 is 1.41 bits per heavy atom. The van der Waals surface area contributed by atoms with E-state index in [0.29, 0.717) is 5.69 Å². The fraction of sp³-hybridized carbons (Fsp3) is 0.273. The number of rotatable bonds is 2. The number of carbonyl (C=O) groups is 2. The fourth-order valence-electron chi connectivity index (χ4n) is 1.77. The Morgan fingerprint density at radius 3 is 2.65 bits per heavy atom. The molecule has 0 saturated carbocycles. The van der Waals surface area contributed by atoms with Crippen LogP contribution < -0.4 is 11.1 Å². The number of likely N-dealkylation sites (tertiary alicyclic amines) is 1. The van der Waals surface area contributed by atoms with Crippen LogP contribution in [0.5, 0.6) is 0 Å². The van der Waals surface area contributed by atoms with Crippen molar-refractivity contribution >= 4 is 23.2 Å². The fourth-order valence-corrected chi connectivity index (χ4v) is 1.77. The summed E-state index contributed by atoms with van der Waals surface area (Å²) in [4.78, 5) is 23.9. The van der Waals surface area contributed by atoms with Crippen molar-refractivity contribution in [2.24, 2.45) is 0 Å². The molecule has 6 heteroatoms. The molecule has 0 aromatic heterocycles. The summed E-state index contributed by atoms with van der Waals surface area (Å²) in [5.41, 5.74) is 6.13. The van der Waals surface area contributed by atoms with E-state index in [9.17, 15) is 14.0 Å². The van der Waals surface area contributed by atoms with Crippen LogP contribution in [0.15, 0.2) is 18.2 Å². The Bertz CT molecular complexity index is 469. The van der Waals surface area contributed by atoms with E-state index in [-0.39, 0.29) is 23.9 Å². The third-order valence-electron chi connectivity index (χ3n) is 2.64. The van der Waals surface area contributed by atoms with Gasteiger partial charge in [0.25, 0.3) is 5.91 Å². The summed E-state index contributed by atoms with van der Waals surface area (Å²) in [7, 11) is 1.42. The second-order valence-corrected chi connectivity index (χ2v) is 3.97. The first-order chi connectivity index (χ1) is 7.97. The van der Waals surface area contributed by atoms with Crippen molar-refractivity contribution in [3.05, 3.63) is 24.0 Å². The number of hydrogen-bond donors (Lipinski definition) is 2. The molecule has 1 aromatic carbocycles. The zero-order valence-electron chi connectivity index (χ0n) is 9.24. The van der Waals surface area contributed by atoms with Gasteiger partial charge in [0, 0.05) is 18.4 Å². The van der Waals surface area contributed by atoms with E-state index in [1.54, 1.807) is 0 Å². The normalized spacial score (nSPS) is 19.9. The van der Waals surface area contributed by atoms with Gasteiger partial charge in [0.05, 0.1) is 6.42 Å². The predicted octanol–water partition coefficient (Wildman–Crippen LogP) is 0.577. The van der Waals surface area contributed by atoms with Gasteiger partial charge in [-0.1, -0.05) is 0 Å². The molecule has 0 spiro atoms. The van der Waals surface area contributed by atoms with Gasteiger partial charge in [0.1, 0.15) is 11.9 Å². The second-order valence-electron chi connectivity index (χ2n) is 3.97. The number of halogens is 1. The highest BCUT2D eigenvalue weighted by Gasteiger charge is 2.35. The summed E-state index contributed by atoms with van der Waals surface area (Å²) < 4.78 is 13.1. The first-order valence-electron chi connectivity index (χ1n) is 5.10. The summed E-state index contributed by atoms with van der Waals surface area (Å²) in [6, 6.07) is 3.28. The molecule has 17 heavy (non-hydrogen) atoms. The third-order valence-corrected chi connectivity index (χ3v) is 2.64. The smallest absolute Gasteiger partial charge is 0.251 e. The largest absolute Gasteiger partial charge is 0.399 e.